The van der Waals surface area contributed by atoms with Crippen LogP contribution in [0, 0.1) is 6.92 Å². The molecule has 0 aliphatic carbocycles. The van der Waals surface area contributed by atoms with E-state index in [0.29, 0.717) is 47.6 Å². The molecule has 7 nitrogen and oxygen atoms in total. The minimum Gasteiger partial charge on any atom is -0.496 e. The second-order valence-corrected chi connectivity index (χ2v) is 8.50. The zero-order valence-corrected chi connectivity index (χ0v) is 20.1. The molecule has 1 N–H and O–H groups in total. The zero-order chi connectivity index (χ0) is 24.0. The van der Waals surface area contributed by atoms with E-state index < -0.39 is 6.43 Å². The van der Waals surface area contributed by atoms with Gasteiger partial charge in [-0.2, -0.15) is 0 Å². The standard InChI is InChI=1S/C22H24F2N4O3S2/c1-13-9-16(19(23)24)26-21(25-13)33-12-15-10-14(5-6-18(15)31-3)11-17-20(29)28(22(32)27-17)7-4-8-30-2/h5-6,9-11,19H,4,7-8,12H2,1-3H3,(H,27,32). The number of methoxy groups -OCH3 is 2. The van der Waals surface area contributed by atoms with E-state index in [9.17, 15) is 13.6 Å². The fourth-order valence-electron chi connectivity index (χ4n) is 3.19. The van der Waals surface area contributed by atoms with E-state index in [1.165, 1.54) is 22.7 Å². The first-order valence-corrected chi connectivity index (χ1v) is 11.5. The quantitative estimate of drug-likeness (QED) is 0.174. The number of nitrogens with one attached hydrogen (secondary N) is 1. The summed E-state index contributed by atoms with van der Waals surface area (Å²) in [6, 6.07) is 6.76. The smallest absolute Gasteiger partial charge is 0.280 e. The van der Waals surface area contributed by atoms with Gasteiger partial charge in [-0.15, -0.1) is 0 Å². The van der Waals surface area contributed by atoms with Crippen LogP contribution in [0.4, 0.5) is 8.78 Å². The Morgan fingerprint density at radius 1 is 1.27 bits per heavy atom. The summed E-state index contributed by atoms with van der Waals surface area (Å²) in [5.74, 6) is 0.833. The Labute approximate surface area is 200 Å². The molecular formula is C22H24F2N4O3S2. The number of rotatable bonds is 10. The van der Waals surface area contributed by atoms with Crippen LogP contribution in [0.25, 0.3) is 6.08 Å². The lowest BCUT2D eigenvalue weighted by Gasteiger charge is -2.13. The third-order valence-corrected chi connectivity index (χ3v) is 5.96. The van der Waals surface area contributed by atoms with E-state index >= 15 is 0 Å². The number of thiocarbonyl (C=S) groups is 1. The van der Waals surface area contributed by atoms with Gasteiger partial charge in [-0.05, 0) is 55.4 Å². The maximum Gasteiger partial charge on any atom is 0.280 e. The summed E-state index contributed by atoms with van der Waals surface area (Å²) in [4.78, 5) is 22.4. The highest BCUT2D eigenvalue weighted by Gasteiger charge is 2.30. The Morgan fingerprint density at radius 3 is 2.76 bits per heavy atom. The molecule has 33 heavy (non-hydrogen) atoms. The van der Waals surface area contributed by atoms with Crippen molar-refractivity contribution in [3.63, 3.8) is 0 Å². The maximum absolute atomic E-state index is 13.1. The van der Waals surface area contributed by atoms with Crippen molar-refractivity contribution in [1.82, 2.24) is 20.2 Å². The van der Waals surface area contributed by atoms with Gasteiger partial charge in [0.25, 0.3) is 12.3 Å². The van der Waals surface area contributed by atoms with Crippen molar-refractivity contribution < 1.29 is 23.0 Å². The molecule has 2 heterocycles. The van der Waals surface area contributed by atoms with Crippen molar-refractivity contribution in [1.29, 1.82) is 0 Å². The van der Waals surface area contributed by atoms with Gasteiger partial charge in [0, 0.05) is 37.3 Å². The van der Waals surface area contributed by atoms with Crippen LogP contribution in [0.2, 0.25) is 0 Å². The van der Waals surface area contributed by atoms with Gasteiger partial charge in [0.15, 0.2) is 10.3 Å². The summed E-state index contributed by atoms with van der Waals surface area (Å²) in [6.07, 6.45) is -0.265. The highest BCUT2D eigenvalue weighted by atomic mass is 32.2. The molecule has 1 aliphatic rings. The van der Waals surface area contributed by atoms with Gasteiger partial charge in [0.1, 0.15) is 17.1 Å². The molecule has 0 atom stereocenters. The summed E-state index contributed by atoms with van der Waals surface area (Å²) in [6.45, 7) is 2.66. The number of aryl methyl sites for hydroxylation is 1. The van der Waals surface area contributed by atoms with Crippen molar-refractivity contribution in [3.8, 4) is 5.75 Å². The molecule has 0 saturated carbocycles. The first-order valence-electron chi connectivity index (χ1n) is 10.1. The van der Waals surface area contributed by atoms with Crippen LogP contribution in [0.1, 0.15) is 35.4 Å². The van der Waals surface area contributed by atoms with Crippen LogP contribution in [-0.2, 0) is 15.3 Å². The van der Waals surface area contributed by atoms with E-state index in [0.717, 1.165) is 11.1 Å². The fraction of sp³-hybridized carbons (Fsp3) is 0.364. The predicted octanol–water partition coefficient (Wildman–Crippen LogP) is 4.12. The van der Waals surface area contributed by atoms with Crippen molar-refractivity contribution in [3.05, 3.63) is 52.5 Å². The first kappa shape index (κ1) is 25.0. The topological polar surface area (TPSA) is 76.6 Å². The number of ether oxygens (including phenoxy) is 2. The summed E-state index contributed by atoms with van der Waals surface area (Å²) in [5.41, 5.74) is 2.13. The lowest BCUT2D eigenvalue weighted by molar-refractivity contribution is -0.122. The molecule has 176 valence electrons. The summed E-state index contributed by atoms with van der Waals surface area (Å²) >= 11 is 6.52. The molecule has 1 amide bonds. The van der Waals surface area contributed by atoms with E-state index in [1.807, 2.05) is 12.1 Å². The molecular weight excluding hydrogens is 470 g/mol. The molecule has 0 spiro atoms. The van der Waals surface area contributed by atoms with Gasteiger partial charge in [-0.25, -0.2) is 18.7 Å². The van der Waals surface area contributed by atoms with Gasteiger partial charge in [-0.1, -0.05) is 17.8 Å². The van der Waals surface area contributed by atoms with E-state index in [2.05, 4.69) is 15.3 Å². The number of alkyl halides is 2. The fourth-order valence-corrected chi connectivity index (χ4v) is 4.37. The molecule has 1 fully saturated rings. The number of benzene rings is 1. The molecule has 0 bridgehead atoms. The zero-order valence-electron chi connectivity index (χ0n) is 18.4. The van der Waals surface area contributed by atoms with Crippen LogP contribution in [0.15, 0.2) is 35.1 Å². The van der Waals surface area contributed by atoms with E-state index in [1.54, 1.807) is 33.3 Å². The monoisotopic (exact) mass is 494 g/mol. The normalized spacial score (nSPS) is 15.0. The Kier molecular flexibility index (Phi) is 8.70. The molecule has 3 rings (SSSR count). The highest BCUT2D eigenvalue weighted by Crippen LogP contribution is 2.29. The number of carbonyl (C=O) groups excluding carboxylic acids is 1. The predicted molar refractivity (Wildman–Crippen MR) is 126 cm³/mol. The molecule has 1 aromatic carbocycles. The lowest BCUT2D eigenvalue weighted by Crippen LogP contribution is -2.32. The molecule has 1 saturated heterocycles. The first-order chi connectivity index (χ1) is 15.8. The van der Waals surface area contributed by atoms with Crippen LogP contribution in [-0.4, -0.2) is 53.3 Å². The average molecular weight is 495 g/mol. The minimum absolute atomic E-state index is 0.199. The van der Waals surface area contributed by atoms with Crippen molar-refractivity contribution in [2.75, 3.05) is 27.4 Å². The summed E-state index contributed by atoms with van der Waals surface area (Å²) < 4.78 is 36.6. The second-order valence-electron chi connectivity index (χ2n) is 7.17. The average Bonchev–Trinajstić information content (AvgIpc) is 3.05. The van der Waals surface area contributed by atoms with Gasteiger partial charge in [0.05, 0.1) is 7.11 Å². The van der Waals surface area contributed by atoms with E-state index in [4.69, 9.17) is 21.7 Å². The van der Waals surface area contributed by atoms with Gasteiger partial charge in [0.2, 0.25) is 0 Å². The SMILES string of the molecule is COCCCN1C(=O)C(=Cc2ccc(OC)c(CSc3nc(C)cc(C(F)F)n3)c2)NC1=S. The molecule has 0 radical (unpaired) electrons. The molecule has 0 unspecified atom stereocenters. The third-order valence-electron chi connectivity index (χ3n) is 4.74. The number of nitrogens with zero attached hydrogens (tertiary/aromatic N) is 3. The van der Waals surface area contributed by atoms with Crippen molar-refractivity contribution in [2.24, 2.45) is 0 Å². The number of carbonyl (C=O) groups is 1. The Hall–Kier alpha value is -2.63. The maximum atomic E-state index is 13.1. The lowest BCUT2D eigenvalue weighted by atomic mass is 10.1. The van der Waals surface area contributed by atoms with E-state index in [-0.39, 0.29) is 16.8 Å². The van der Waals surface area contributed by atoms with Gasteiger partial charge < -0.3 is 14.8 Å². The number of aromatic nitrogens is 2. The number of hydrogen-bond acceptors (Lipinski definition) is 7. The Balaban J connectivity index is 1.77. The number of hydrogen-bond donors (Lipinski definition) is 1. The molecule has 11 heteroatoms. The molecule has 1 aromatic heterocycles. The van der Waals surface area contributed by atoms with Crippen molar-refractivity contribution in [2.45, 2.75) is 30.7 Å². The number of halogens is 2. The molecule has 2 aromatic rings. The summed E-state index contributed by atoms with van der Waals surface area (Å²) in [5, 5.41) is 3.58. The van der Waals surface area contributed by atoms with Crippen molar-refractivity contribution >= 4 is 41.1 Å². The number of amides is 1. The number of thioether (sulfide) groups is 1. The van der Waals surface area contributed by atoms with Crippen LogP contribution >= 0.6 is 24.0 Å². The van der Waals surface area contributed by atoms with Crippen LogP contribution in [0.3, 0.4) is 0 Å². The highest BCUT2D eigenvalue weighted by molar-refractivity contribution is 7.98. The van der Waals surface area contributed by atoms with Gasteiger partial charge in [-0.3, -0.25) is 9.69 Å². The molecule has 1 aliphatic heterocycles. The minimum atomic E-state index is -2.66. The summed E-state index contributed by atoms with van der Waals surface area (Å²) in [7, 11) is 3.16. The third kappa shape index (κ3) is 6.46. The van der Waals surface area contributed by atoms with Crippen LogP contribution < -0.4 is 10.1 Å². The Bertz CT molecular complexity index is 1070. The van der Waals surface area contributed by atoms with Crippen LogP contribution in [0.5, 0.6) is 5.75 Å². The second kappa shape index (κ2) is 11.5. The largest absolute Gasteiger partial charge is 0.496 e. The van der Waals surface area contributed by atoms with Gasteiger partial charge >= 0.3 is 0 Å². The Morgan fingerprint density at radius 2 is 2.06 bits per heavy atom.